The minimum Gasteiger partial charge on any atom is -0.338 e. The number of fused-ring (bicyclic) bond motifs is 1. The molecule has 2 aromatic rings. The Morgan fingerprint density at radius 1 is 1.12 bits per heavy atom. The highest BCUT2D eigenvalue weighted by Gasteiger charge is 2.34. The van der Waals surface area contributed by atoms with E-state index in [0.29, 0.717) is 29.9 Å². The van der Waals surface area contributed by atoms with Gasteiger partial charge in [0.05, 0.1) is 11.1 Å². The van der Waals surface area contributed by atoms with Gasteiger partial charge < -0.3 is 5.32 Å². The van der Waals surface area contributed by atoms with Crippen LogP contribution >= 0.6 is 0 Å². The lowest BCUT2D eigenvalue weighted by atomic mass is 10.1. The molecule has 0 aliphatic carbocycles. The maximum absolute atomic E-state index is 12.2. The third-order valence-corrected chi connectivity index (χ3v) is 3.88. The molecule has 1 aliphatic heterocycles. The number of aromatic nitrogens is 1. The molecule has 2 heterocycles. The second-order valence-electron chi connectivity index (χ2n) is 5.76. The molecule has 25 heavy (non-hydrogen) atoms. The van der Waals surface area contributed by atoms with E-state index in [0.717, 1.165) is 5.56 Å². The summed E-state index contributed by atoms with van der Waals surface area (Å²) < 4.78 is 0. The van der Waals surface area contributed by atoms with Gasteiger partial charge in [0.25, 0.3) is 11.8 Å². The normalized spacial score (nSPS) is 12.9. The Morgan fingerprint density at radius 2 is 1.80 bits per heavy atom. The molecule has 0 unspecified atom stereocenters. The van der Waals surface area contributed by atoms with Crippen LogP contribution in [0.25, 0.3) is 0 Å². The average Bonchev–Trinajstić information content (AvgIpc) is 2.84. The summed E-state index contributed by atoms with van der Waals surface area (Å²) in [5.41, 5.74) is 1.86. The number of carbonyl (C=O) groups is 3. The lowest BCUT2D eigenvalue weighted by molar-refractivity contribution is 0.0653. The van der Waals surface area contributed by atoms with Crippen molar-refractivity contribution in [2.75, 3.05) is 18.4 Å². The summed E-state index contributed by atoms with van der Waals surface area (Å²) in [4.78, 5) is 41.5. The van der Waals surface area contributed by atoms with Crippen LogP contribution in [0.4, 0.5) is 10.6 Å². The number of anilines is 1. The molecular weight excluding hydrogens is 320 g/mol. The molecule has 0 bridgehead atoms. The lowest BCUT2D eigenvalue weighted by Crippen LogP contribution is -2.35. The molecule has 0 atom stereocenters. The van der Waals surface area contributed by atoms with Gasteiger partial charge in [0.15, 0.2) is 0 Å². The Hall–Kier alpha value is -3.22. The zero-order valence-electron chi connectivity index (χ0n) is 13.8. The van der Waals surface area contributed by atoms with Crippen LogP contribution in [0.15, 0.2) is 42.6 Å². The van der Waals surface area contributed by atoms with Crippen molar-refractivity contribution in [1.82, 2.24) is 15.2 Å². The molecule has 0 fully saturated rings. The number of amides is 4. The first kappa shape index (κ1) is 16.6. The highest BCUT2D eigenvalue weighted by molar-refractivity contribution is 6.21. The van der Waals surface area contributed by atoms with Crippen molar-refractivity contribution >= 4 is 23.7 Å². The monoisotopic (exact) mass is 338 g/mol. The van der Waals surface area contributed by atoms with Crippen LogP contribution in [0, 0.1) is 6.92 Å². The summed E-state index contributed by atoms with van der Waals surface area (Å²) in [5, 5.41) is 5.32. The van der Waals surface area contributed by atoms with Crippen molar-refractivity contribution in [3.8, 4) is 0 Å². The van der Waals surface area contributed by atoms with Crippen molar-refractivity contribution < 1.29 is 14.4 Å². The first-order valence-electron chi connectivity index (χ1n) is 7.99. The van der Waals surface area contributed by atoms with Gasteiger partial charge in [-0.3, -0.25) is 19.8 Å². The maximum Gasteiger partial charge on any atom is 0.320 e. The number of rotatable bonds is 5. The van der Waals surface area contributed by atoms with Gasteiger partial charge in [-0.05, 0) is 43.2 Å². The van der Waals surface area contributed by atoms with E-state index in [4.69, 9.17) is 0 Å². The summed E-state index contributed by atoms with van der Waals surface area (Å²) in [6, 6.07) is 9.99. The number of pyridine rings is 1. The molecule has 1 aromatic carbocycles. The molecule has 0 saturated heterocycles. The summed E-state index contributed by atoms with van der Waals surface area (Å²) in [7, 11) is 0. The van der Waals surface area contributed by atoms with Gasteiger partial charge in [-0.1, -0.05) is 12.1 Å². The first-order valence-corrected chi connectivity index (χ1v) is 7.99. The predicted octanol–water partition coefficient (Wildman–Crippen LogP) is 2.20. The van der Waals surface area contributed by atoms with Crippen LogP contribution in [0.1, 0.15) is 32.7 Å². The number of hydrogen-bond donors (Lipinski definition) is 2. The Kier molecular flexibility index (Phi) is 4.74. The van der Waals surface area contributed by atoms with E-state index in [2.05, 4.69) is 15.6 Å². The van der Waals surface area contributed by atoms with E-state index in [1.807, 2.05) is 13.0 Å². The van der Waals surface area contributed by atoms with Gasteiger partial charge in [0.2, 0.25) is 0 Å². The van der Waals surface area contributed by atoms with E-state index in [1.54, 1.807) is 36.5 Å². The standard InChI is InChI=1S/C18H18N4O3/c1-12-7-9-19-15(11-12)21-18(25)20-8-4-10-22-16(23)13-5-2-3-6-14(13)17(22)24/h2-3,5-7,9,11H,4,8,10H2,1H3,(H2,19,20,21,25). The second kappa shape index (κ2) is 7.12. The van der Waals surface area contributed by atoms with Crippen LogP contribution < -0.4 is 10.6 Å². The van der Waals surface area contributed by atoms with Crippen LogP contribution in [0.3, 0.4) is 0 Å². The molecule has 0 spiro atoms. The molecule has 2 N–H and O–H groups in total. The molecule has 0 saturated carbocycles. The van der Waals surface area contributed by atoms with E-state index < -0.39 is 0 Å². The smallest absolute Gasteiger partial charge is 0.320 e. The first-order chi connectivity index (χ1) is 12.1. The minimum absolute atomic E-state index is 0.259. The summed E-state index contributed by atoms with van der Waals surface area (Å²) in [6.45, 7) is 2.51. The largest absolute Gasteiger partial charge is 0.338 e. The lowest BCUT2D eigenvalue weighted by Gasteiger charge is -2.14. The average molecular weight is 338 g/mol. The van der Waals surface area contributed by atoms with Gasteiger partial charge >= 0.3 is 6.03 Å². The van der Waals surface area contributed by atoms with Crippen LogP contribution in [-0.4, -0.2) is 40.8 Å². The number of carbonyl (C=O) groups excluding carboxylic acids is 3. The zero-order valence-corrected chi connectivity index (χ0v) is 13.8. The summed E-state index contributed by atoms with van der Waals surface area (Å²) in [6.07, 6.45) is 2.09. The van der Waals surface area contributed by atoms with Gasteiger partial charge in [-0.25, -0.2) is 9.78 Å². The molecule has 128 valence electrons. The number of aryl methyl sites for hydroxylation is 1. The maximum atomic E-state index is 12.2. The number of imide groups is 1. The Labute approximate surface area is 145 Å². The number of nitrogens with one attached hydrogen (secondary N) is 2. The third kappa shape index (κ3) is 3.65. The molecule has 3 rings (SSSR count). The topological polar surface area (TPSA) is 91.4 Å². The highest BCUT2D eigenvalue weighted by atomic mass is 16.2. The molecular formula is C18H18N4O3. The van der Waals surface area contributed by atoms with Gasteiger partial charge in [-0.2, -0.15) is 0 Å². The zero-order chi connectivity index (χ0) is 17.8. The highest BCUT2D eigenvalue weighted by Crippen LogP contribution is 2.22. The Morgan fingerprint density at radius 3 is 2.44 bits per heavy atom. The van der Waals surface area contributed by atoms with Crippen LogP contribution in [-0.2, 0) is 0 Å². The van der Waals surface area contributed by atoms with Crippen LogP contribution in [0.5, 0.6) is 0 Å². The molecule has 1 aliphatic rings. The fraction of sp³-hybridized carbons (Fsp3) is 0.222. The van der Waals surface area contributed by atoms with E-state index in [1.165, 1.54) is 4.90 Å². The van der Waals surface area contributed by atoms with Crippen molar-refractivity contribution in [1.29, 1.82) is 0 Å². The van der Waals surface area contributed by atoms with E-state index >= 15 is 0 Å². The van der Waals surface area contributed by atoms with Crippen molar-refractivity contribution in [3.63, 3.8) is 0 Å². The fourth-order valence-corrected chi connectivity index (χ4v) is 2.65. The van der Waals surface area contributed by atoms with Crippen LogP contribution in [0.2, 0.25) is 0 Å². The third-order valence-electron chi connectivity index (χ3n) is 3.88. The number of nitrogens with zero attached hydrogens (tertiary/aromatic N) is 2. The summed E-state index contributed by atoms with van der Waals surface area (Å²) >= 11 is 0. The van der Waals surface area contributed by atoms with E-state index in [-0.39, 0.29) is 24.4 Å². The molecule has 7 nitrogen and oxygen atoms in total. The van der Waals surface area contributed by atoms with Crippen molar-refractivity contribution in [3.05, 3.63) is 59.3 Å². The number of benzene rings is 1. The van der Waals surface area contributed by atoms with Gasteiger partial charge in [-0.15, -0.1) is 0 Å². The van der Waals surface area contributed by atoms with Gasteiger partial charge in [0, 0.05) is 19.3 Å². The fourth-order valence-electron chi connectivity index (χ4n) is 2.65. The second-order valence-corrected chi connectivity index (χ2v) is 5.76. The van der Waals surface area contributed by atoms with Gasteiger partial charge in [0.1, 0.15) is 5.82 Å². The SMILES string of the molecule is Cc1ccnc(NC(=O)NCCCN2C(=O)c3ccccc3C2=O)c1. The Balaban J connectivity index is 1.45. The molecule has 7 heteroatoms. The van der Waals surface area contributed by atoms with E-state index in [9.17, 15) is 14.4 Å². The molecule has 0 radical (unpaired) electrons. The predicted molar refractivity (Wildman–Crippen MR) is 92.4 cm³/mol. The Bertz CT molecular complexity index is 800. The summed E-state index contributed by atoms with van der Waals surface area (Å²) in [5.74, 6) is -0.0964. The minimum atomic E-state index is -0.375. The molecule has 4 amide bonds. The number of urea groups is 1. The number of hydrogen-bond acceptors (Lipinski definition) is 4. The molecule has 1 aromatic heterocycles. The van der Waals surface area contributed by atoms with Crippen molar-refractivity contribution in [2.45, 2.75) is 13.3 Å². The van der Waals surface area contributed by atoms with Crippen molar-refractivity contribution in [2.24, 2.45) is 0 Å². The quantitative estimate of drug-likeness (QED) is 0.646.